The fourth-order valence-electron chi connectivity index (χ4n) is 2.69. The summed E-state index contributed by atoms with van der Waals surface area (Å²) >= 11 is 0. The second kappa shape index (κ2) is 6.37. The van der Waals surface area contributed by atoms with Gasteiger partial charge in [0.25, 0.3) is 0 Å². The fourth-order valence-corrected chi connectivity index (χ4v) is 2.69. The van der Waals surface area contributed by atoms with Crippen molar-refractivity contribution in [2.24, 2.45) is 5.73 Å². The second-order valence-corrected chi connectivity index (χ2v) is 5.48. The molecule has 1 aliphatic rings. The van der Waals surface area contributed by atoms with Gasteiger partial charge in [-0.25, -0.2) is 4.79 Å². The van der Waals surface area contributed by atoms with Crippen LogP contribution in [0.25, 0.3) is 0 Å². The molecule has 2 N–H and O–H groups in total. The van der Waals surface area contributed by atoms with E-state index in [9.17, 15) is 9.59 Å². The van der Waals surface area contributed by atoms with Crippen LogP contribution in [0.2, 0.25) is 6.82 Å². The maximum absolute atomic E-state index is 11.8. The number of methoxy groups -OCH3 is 1. The molecule has 7 heteroatoms. The zero-order valence-corrected chi connectivity index (χ0v) is 13.4. The molecule has 0 fully saturated rings. The highest BCUT2D eigenvalue weighted by atomic mass is 16.5. The van der Waals surface area contributed by atoms with Gasteiger partial charge in [0.1, 0.15) is 11.5 Å². The minimum Gasteiger partial charge on any atom is -0.465 e. The summed E-state index contributed by atoms with van der Waals surface area (Å²) in [6, 6.07) is 10.2. The lowest BCUT2D eigenvalue weighted by atomic mass is 9.64. The van der Waals surface area contributed by atoms with Gasteiger partial charge in [0.05, 0.1) is 24.8 Å². The number of esters is 1. The molecule has 1 amide bonds. The first-order valence-corrected chi connectivity index (χ1v) is 7.44. The minimum absolute atomic E-state index is 0.0700. The van der Waals surface area contributed by atoms with Gasteiger partial charge in [-0.3, -0.25) is 4.79 Å². The second-order valence-electron chi connectivity index (χ2n) is 5.48. The van der Waals surface area contributed by atoms with E-state index in [1.807, 2.05) is 25.0 Å². The summed E-state index contributed by atoms with van der Waals surface area (Å²) in [6.45, 7) is 2.62. The van der Waals surface area contributed by atoms with Crippen molar-refractivity contribution < 1.29 is 23.7 Å². The summed E-state index contributed by atoms with van der Waals surface area (Å²) < 4.78 is 16.0. The number of fused-ring (bicyclic) bond motifs is 1. The maximum Gasteiger partial charge on any atom is 0.338 e. The number of amides is 1. The van der Waals surface area contributed by atoms with Gasteiger partial charge in [0.2, 0.25) is 5.91 Å². The van der Waals surface area contributed by atoms with Gasteiger partial charge in [-0.05, 0) is 41.4 Å². The quantitative estimate of drug-likeness (QED) is 0.683. The van der Waals surface area contributed by atoms with Crippen LogP contribution in [0.15, 0.2) is 36.4 Å². The van der Waals surface area contributed by atoms with Crippen LogP contribution in [0, 0.1) is 0 Å². The highest BCUT2D eigenvalue weighted by molar-refractivity contribution is 6.67. The molecule has 0 spiro atoms. The molecule has 0 aliphatic carbocycles. The SMILES string of the molecule is COC(=O)c1cc(Oc2ccc3c(c2)COB3C)ccc1C(N)=O. The van der Waals surface area contributed by atoms with E-state index in [4.69, 9.17) is 15.1 Å². The molecule has 0 saturated heterocycles. The third-order valence-corrected chi connectivity index (χ3v) is 3.94. The first-order chi connectivity index (χ1) is 11.5. The molecular formula is C17H16BNO5. The Balaban J connectivity index is 1.90. The predicted molar refractivity (Wildman–Crippen MR) is 88.9 cm³/mol. The van der Waals surface area contributed by atoms with Crippen molar-refractivity contribution in [1.82, 2.24) is 0 Å². The summed E-state index contributed by atoms with van der Waals surface area (Å²) in [4.78, 5) is 23.3. The van der Waals surface area contributed by atoms with Crippen LogP contribution >= 0.6 is 0 Å². The molecule has 2 aromatic rings. The van der Waals surface area contributed by atoms with Crippen molar-refractivity contribution in [2.75, 3.05) is 7.11 Å². The molecule has 122 valence electrons. The number of nitrogens with two attached hydrogens (primary N) is 1. The van der Waals surface area contributed by atoms with E-state index in [0.29, 0.717) is 18.1 Å². The molecule has 0 atom stereocenters. The normalized spacial score (nSPS) is 12.7. The lowest BCUT2D eigenvalue weighted by molar-refractivity contribution is 0.0596. The molecule has 6 nitrogen and oxygen atoms in total. The van der Waals surface area contributed by atoms with Gasteiger partial charge in [0.15, 0.2) is 0 Å². The van der Waals surface area contributed by atoms with E-state index in [1.54, 1.807) is 6.07 Å². The minimum atomic E-state index is -0.703. The van der Waals surface area contributed by atoms with Crippen LogP contribution in [0.5, 0.6) is 11.5 Å². The number of rotatable bonds is 4. The first kappa shape index (κ1) is 16.1. The van der Waals surface area contributed by atoms with E-state index in [2.05, 4.69) is 4.74 Å². The van der Waals surface area contributed by atoms with E-state index in [0.717, 1.165) is 11.0 Å². The Morgan fingerprint density at radius 1 is 1.12 bits per heavy atom. The topological polar surface area (TPSA) is 87.8 Å². The zero-order chi connectivity index (χ0) is 17.3. The molecule has 0 saturated carbocycles. The number of carbonyl (C=O) groups is 2. The molecule has 24 heavy (non-hydrogen) atoms. The summed E-state index contributed by atoms with van der Waals surface area (Å²) in [5.41, 5.74) is 7.65. The van der Waals surface area contributed by atoms with Gasteiger partial charge in [-0.2, -0.15) is 0 Å². The number of hydrogen-bond donors (Lipinski definition) is 1. The third-order valence-electron chi connectivity index (χ3n) is 3.94. The number of ether oxygens (including phenoxy) is 2. The molecule has 0 bridgehead atoms. The Hall–Kier alpha value is -2.80. The molecular weight excluding hydrogens is 309 g/mol. The largest absolute Gasteiger partial charge is 0.465 e. The highest BCUT2D eigenvalue weighted by Gasteiger charge is 2.23. The molecule has 1 heterocycles. The van der Waals surface area contributed by atoms with E-state index in [1.165, 1.54) is 19.2 Å². The van der Waals surface area contributed by atoms with Crippen LogP contribution in [0.1, 0.15) is 26.3 Å². The molecule has 1 aliphatic heterocycles. The smallest absolute Gasteiger partial charge is 0.338 e. The Kier molecular flexibility index (Phi) is 4.27. The van der Waals surface area contributed by atoms with Gasteiger partial charge in [-0.15, -0.1) is 0 Å². The molecule has 0 radical (unpaired) electrons. The summed E-state index contributed by atoms with van der Waals surface area (Å²) in [5.74, 6) is -0.322. The van der Waals surface area contributed by atoms with E-state index in [-0.39, 0.29) is 18.0 Å². The number of primary amides is 1. The zero-order valence-electron chi connectivity index (χ0n) is 13.4. The van der Waals surface area contributed by atoms with Crippen molar-refractivity contribution in [1.29, 1.82) is 0 Å². The Bertz CT molecular complexity index is 821. The van der Waals surface area contributed by atoms with Crippen LogP contribution in [0.4, 0.5) is 0 Å². The molecule has 2 aromatic carbocycles. The van der Waals surface area contributed by atoms with Crippen molar-refractivity contribution in [3.63, 3.8) is 0 Å². The Morgan fingerprint density at radius 3 is 2.54 bits per heavy atom. The van der Waals surface area contributed by atoms with Gasteiger partial charge >= 0.3 is 12.9 Å². The summed E-state index contributed by atoms with van der Waals surface area (Å²) in [6.07, 6.45) is 0. The molecule has 0 unspecified atom stereocenters. The number of hydrogen-bond acceptors (Lipinski definition) is 5. The van der Waals surface area contributed by atoms with Crippen molar-refractivity contribution in [3.8, 4) is 11.5 Å². The van der Waals surface area contributed by atoms with Crippen LogP contribution in [-0.2, 0) is 16.0 Å². The number of benzene rings is 2. The van der Waals surface area contributed by atoms with Crippen LogP contribution in [-0.4, -0.2) is 25.9 Å². The molecule has 0 aromatic heterocycles. The fraction of sp³-hybridized carbons (Fsp3) is 0.176. The Morgan fingerprint density at radius 2 is 1.83 bits per heavy atom. The van der Waals surface area contributed by atoms with E-state index >= 15 is 0 Å². The van der Waals surface area contributed by atoms with Crippen molar-refractivity contribution in [3.05, 3.63) is 53.1 Å². The van der Waals surface area contributed by atoms with Gasteiger partial charge in [-0.1, -0.05) is 12.9 Å². The third kappa shape index (κ3) is 2.98. The first-order valence-electron chi connectivity index (χ1n) is 7.44. The van der Waals surface area contributed by atoms with E-state index < -0.39 is 11.9 Å². The lowest BCUT2D eigenvalue weighted by Crippen LogP contribution is -2.23. The highest BCUT2D eigenvalue weighted by Crippen LogP contribution is 2.26. The standard InChI is InChI=1S/C17H16BNO5/c1-18-15-6-4-11(7-10(15)9-23-18)24-12-3-5-13(16(19)20)14(8-12)17(21)22-2/h3-8H,9H2,1-2H3,(H2,19,20). The predicted octanol–water partition coefficient (Wildman–Crippen LogP) is 1.72. The van der Waals surface area contributed by atoms with Crippen LogP contribution in [0.3, 0.4) is 0 Å². The summed E-state index contributed by atoms with van der Waals surface area (Å²) in [5, 5.41) is 0. The van der Waals surface area contributed by atoms with Crippen molar-refractivity contribution >= 4 is 24.3 Å². The molecule has 3 rings (SSSR count). The monoisotopic (exact) mass is 325 g/mol. The van der Waals surface area contributed by atoms with Gasteiger partial charge in [0, 0.05) is 0 Å². The lowest BCUT2D eigenvalue weighted by Gasteiger charge is -2.10. The average molecular weight is 325 g/mol. The van der Waals surface area contributed by atoms with Crippen LogP contribution < -0.4 is 15.9 Å². The van der Waals surface area contributed by atoms with Gasteiger partial charge < -0.3 is 19.9 Å². The van der Waals surface area contributed by atoms with Crippen molar-refractivity contribution in [2.45, 2.75) is 13.4 Å². The average Bonchev–Trinajstić information content (AvgIpc) is 2.94. The summed E-state index contributed by atoms with van der Waals surface area (Å²) in [7, 11) is 1.24. The number of carbonyl (C=O) groups excluding carboxylic acids is 2. The Labute approximate surface area is 139 Å². The maximum atomic E-state index is 11.8.